The minimum Gasteiger partial charge on any atom is -0.282 e. The van der Waals surface area contributed by atoms with Crippen molar-refractivity contribution >= 4 is 0 Å². The molecule has 0 fully saturated rings. The number of aromatic amines is 1. The van der Waals surface area contributed by atoms with Gasteiger partial charge in [0.25, 0.3) is 0 Å². The van der Waals surface area contributed by atoms with Crippen LogP contribution in [-0.2, 0) is 19.3 Å². The van der Waals surface area contributed by atoms with Crippen molar-refractivity contribution in [3.63, 3.8) is 0 Å². The molecular weight excluding hydrogens is 184 g/mol. The van der Waals surface area contributed by atoms with Gasteiger partial charge in [-0.15, -0.1) is 0 Å². The van der Waals surface area contributed by atoms with Crippen molar-refractivity contribution in [2.45, 2.75) is 25.7 Å². The fourth-order valence-corrected chi connectivity index (χ4v) is 2.32. The summed E-state index contributed by atoms with van der Waals surface area (Å²) in [4.78, 5) is 0. The highest BCUT2D eigenvalue weighted by molar-refractivity contribution is 5.33. The Labute approximate surface area is 89.3 Å². The summed E-state index contributed by atoms with van der Waals surface area (Å²) < 4.78 is 0. The molecule has 0 spiro atoms. The molecule has 0 saturated heterocycles. The van der Waals surface area contributed by atoms with Gasteiger partial charge in [0.1, 0.15) is 0 Å². The number of aryl methyl sites for hydroxylation is 1. The molecule has 0 atom stereocenters. The SMILES string of the molecule is c1ccc(Cc2n[nH]c3c2CCC3)cc1. The third-order valence-electron chi connectivity index (χ3n) is 3.11. The lowest BCUT2D eigenvalue weighted by Crippen LogP contribution is -1.92. The number of aromatic nitrogens is 2. The van der Waals surface area contributed by atoms with Gasteiger partial charge in [-0.1, -0.05) is 30.3 Å². The molecule has 3 rings (SSSR count). The molecule has 1 aromatic carbocycles. The smallest absolute Gasteiger partial charge is 0.0700 e. The average molecular weight is 198 g/mol. The zero-order valence-electron chi connectivity index (χ0n) is 8.66. The van der Waals surface area contributed by atoms with Gasteiger partial charge in [0.05, 0.1) is 5.69 Å². The van der Waals surface area contributed by atoms with E-state index in [0.717, 1.165) is 6.42 Å². The van der Waals surface area contributed by atoms with E-state index >= 15 is 0 Å². The van der Waals surface area contributed by atoms with Crippen LogP contribution in [0.3, 0.4) is 0 Å². The number of nitrogens with one attached hydrogen (secondary N) is 1. The first-order valence-electron chi connectivity index (χ1n) is 5.52. The lowest BCUT2D eigenvalue weighted by Gasteiger charge is -1.99. The van der Waals surface area contributed by atoms with Gasteiger partial charge in [0.15, 0.2) is 0 Å². The van der Waals surface area contributed by atoms with E-state index in [4.69, 9.17) is 0 Å². The monoisotopic (exact) mass is 198 g/mol. The van der Waals surface area contributed by atoms with Crippen LogP contribution in [0.2, 0.25) is 0 Å². The molecule has 0 radical (unpaired) electrons. The van der Waals surface area contributed by atoms with Crippen LogP contribution in [0.1, 0.15) is 28.9 Å². The first-order valence-corrected chi connectivity index (χ1v) is 5.52. The molecule has 0 aliphatic heterocycles. The zero-order valence-corrected chi connectivity index (χ0v) is 8.66. The van der Waals surface area contributed by atoms with E-state index in [1.807, 2.05) is 0 Å². The Kier molecular flexibility index (Phi) is 2.05. The number of hydrogen-bond donors (Lipinski definition) is 1. The molecule has 2 aromatic rings. The van der Waals surface area contributed by atoms with Crippen molar-refractivity contribution < 1.29 is 0 Å². The van der Waals surface area contributed by atoms with Gasteiger partial charge in [0.2, 0.25) is 0 Å². The summed E-state index contributed by atoms with van der Waals surface area (Å²) in [5, 5.41) is 7.56. The number of benzene rings is 1. The minimum absolute atomic E-state index is 0.965. The predicted molar refractivity (Wildman–Crippen MR) is 59.9 cm³/mol. The van der Waals surface area contributed by atoms with Crippen LogP contribution in [0.25, 0.3) is 0 Å². The molecule has 0 bridgehead atoms. The quantitative estimate of drug-likeness (QED) is 0.789. The number of fused-ring (bicyclic) bond motifs is 1. The van der Waals surface area contributed by atoms with Crippen molar-refractivity contribution in [1.29, 1.82) is 0 Å². The summed E-state index contributed by atoms with van der Waals surface area (Å²) in [6, 6.07) is 10.6. The van der Waals surface area contributed by atoms with Gasteiger partial charge in [0, 0.05) is 12.1 Å². The van der Waals surface area contributed by atoms with Gasteiger partial charge < -0.3 is 0 Å². The van der Waals surface area contributed by atoms with Crippen LogP contribution >= 0.6 is 0 Å². The predicted octanol–water partition coefficient (Wildman–Crippen LogP) is 2.49. The van der Waals surface area contributed by atoms with E-state index < -0.39 is 0 Å². The summed E-state index contributed by atoms with van der Waals surface area (Å²) in [5.74, 6) is 0. The fourth-order valence-electron chi connectivity index (χ4n) is 2.32. The number of rotatable bonds is 2. The third-order valence-corrected chi connectivity index (χ3v) is 3.11. The van der Waals surface area contributed by atoms with Crippen molar-refractivity contribution in [3.05, 3.63) is 52.8 Å². The van der Waals surface area contributed by atoms with Crippen LogP contribution in [0.4, 0.5) is 0 Å². The maximum absolute atomic E-state index is 4.41. The van der Waals surface area contributed by atoms with Crippen molar-refractivity contribution in [1.82, 2.24) is 10.2 Å². The lowest BCUT2D eigenvalue weighted by atomic mass is 10.1. The van der Waals surface area contributed by atoms with Crippen molar-refractivity contribution in [2.75, 3.05) is 0 Å². The van der Waals surface area contributed by atoms with E-state index in [1.165, 1.54) is 41.8 Å². The van der Waals surface area contributed by atoms with Gasteiger partial charge in [-0.05, 0) is 30.4 Å². The largest absolute Gasteiger partial charge is 0.282 e. The molecule has 0 saturated carbocycles. The number of hydrogen-bond acceptors (Lipinski definition) is 1. The molecule has 1 N–H and O–H groups in total. The second-order valence-electron chi connectivity index (χ2n) is 4.14. The van der Waals surface area contributed by atoms with Gasteiger partial charge >= 0.3 is 0 Å². The molecule has 76 valence electrons. The topological polar surface area (TPSA) is 28.7 Å². The molecule has 1 aliphatic carbocycles. The standard InChI is InChI=1S/C13H14N2/c1-2-5-10(6-3-1)9-13-11-7-4-8-12(11)14-15-13/h1-3,5-6H,4,7-9H2,(H,14,15). The second-order valence-corrected chi connectivity index (χ2v) is 4.14. The Bertz CT molecular complexity index is 457. The van der Waals surface area contributed by atoms with E-state index in [9.17, 15) is 0 Å². The summed E-state index contributed by atoms with van der Waals surface area (Å²) >= 11 is 0. The molecule has 2 heteroatoms. The van der Waals surface area contributed by atoms with Crippen LogP contribution in [-0.4, -0.2) is 10.2 Å². The summed E-state index contributed by atoms with van der Waals surface area (Å²) in [6.07, 6.45) is 4.63. The van der Waals surface area contributed by atoms with Crippen LogP contribution in [0.5, 0.6) is 0 Å². The summed E-state index contributed by atoms with van der Waals surface area (Å²) in [6.45, 7) is 0. The Morgan fingerprint density at radius 3 is 2.87 bits per heavy atom. The fraction of sp³-hybridized carbons (Fsp3) is 0.308. The summed E-state index contributed by atoms with van der Waals surface area (Å²) in [7, 11) is 0. The van der Waals surface area contributed by atoms with E-state index in [0.29, 0.717) is 0 Å². The van der Waals surface area contributed by atoms with Crippen LogP contribution in [0, 0.1) is 0 Å². The Morgan fingerprint density at radius 1 is 1.13 bits per heavy atom. The van der Waals surface area contributed by atoms with Crippen molar-refractivity contribution in [3.8, 4) is 0 Å². The average Bonchev–Trinajstić information content (AvgIpc) is 2.85. The Balaban J connectivity index is 1.89. The maximum Gasteiger partial charge on any atom is 0.0700 e. The first kappa shape index (κ1) is 8.72. The van der Waals surface area contributed by atoms with Gasteiger partial charge in [-0.25, -0.2) is 0 Å². The molecule has 0 amide bonds. The van der Waals surface area contributed by atoms with E-state index in [1.54, 1.807) is 0 Å². The van der Waals surface area contributed by atoms with E-state index in [-0.39, 0.29) is 0 Å². The van der Waals surface area contributed by atoms with Crippen molar-refractivity contribution in [2.24, 2.45) is 0 Å². The van der Waals surface area contributed by atoms with Gasteiger partial charge in [-0.2, -0.15) is 5.10 Å². The molecule has 15 heavy (non-hydrogen) atoms. The van der Waals surface area contributed by atoms with Gasteiger partial charge in [-0.3, -0.25) is 5.10 Å². The zero-order chi connectivity index (χ0) is 10.1. The normalized spacial score (nSPS) is 14.1. The van der Waals surface area contributed by atoms with Crippen LogP contribution in [0.15, 0.2) is 30.3 Å². The number of H-pyrrole nitrogens is 1. The minimum atomic E-state index is 0.965. The first-order chi connectivity index (χ1) is 7.43. The molecule has 1 heterocycles. The highest BCUT2D eigenvalue weighted by atomic mass is 15.1. The Hall–Kier alpha value is -1.57. The highest BCUT2D eigenvalue weighted by Gasteiger charge is 2.17. The second kappa shape index (κ2) is 3.54. The third kappa shape index (κ3) is 1.56. The molecule has 2 nitrogen and oxygen atoms in total. The molecule has 1 aromatic heterocycles. The highest BCUT2D eigenvalue weighted by Crippen LogP contribution is 2.24. The Morgan fingerprint density at radius 2 is 2.00 bits per heavy atom. The van der Waals surface area contributed by atoms with Crippen LogP contribution < -0.4 is 0 Å². The molecule has 0 unspecified atom stereocenters. The lowest BCUT2D eigenvalue weighted by molar-refractivity contribution is 0.844. The number of nitrogens with zero attached hydrogens (tertiary/aromatic N) is 1. The van der Waals surface area contributed by atoms with E-state index in [2.05, 4.69) is 40.5 Å². The molecular formula is C13H14N2. The molecule has 1 aliphatic rings. The summed E-state index contributed by atoms with van der Waals surface area (Å²) in [5.41, 5.74) is 5.42. The maximum atomic E-state index is 4.41.